The van der Waals surface area contributed by atoms with E-state index in [9.17, 15) is 4.79 Å². The molecular formula is C21H25N3O3. The highest BCUT2D eigenvalue weighted by Gasteiger charge is 2.46. The van der Waals surface area contributed by atoms with Crippen LogP contribution in [0.1, 0.15) is 35.3 Å². The average molecular weight is 367 g/mol. The molecule has 27 heavy (non-hydrogen) atoms. The zero-order chi connectivity index (χ0) is 18.9. The predicted molar refractivity (Wildman–Crippen MR) is 102 cm³/mol. The molecule has 6 heteroatoms. The zero-order valence-corrected chi connectivity index (χ0v) is 15.8. The van der Waals surface area contributed by atoms with E-state index in [1.54, 1.807) is 12.3 Å². The maximum absolute atomic E-state index is 12.4. The van der Waals surface area contributed by atoms with Crippen molar-refractivity contribution in [2.75, 3.05) is 13.1 Å². The molecule has 0 radical (unpaired) electrons. The number of nitrogens with one attached hydrogen (secondary N) is 1. The summed E-state index contributed by atoms with van der Waals surface area (Å²) in [7, 11) is 0. The van der Waals surface area contributed by atoms with E-state index in [0.29, 0.717) is 18.7 Å². The summed E-state index contributed by atoms with van der Waals surface area (Å²) in [6, 6.07) is 10.3. The topological polar surface area (TPSA) is 67.1 Å². The second-order valence-electron chi connectivity index (χ2n) is 7.71. The van der Waals surface area contributed by atoms with E-state index >= 15 is 0 Å². The number of carbonyl (C=O) groups excluding carboxylic acids is 1. The van der Waals surface area contributed by atoms with E-state index in [4.69, 9.17) is 9.25 Å². The number of nitrogens with zero attached hydrogens (tertiary/aromatic N) is 2. The highest BCUT2D eigenvalue weighted by molar-refractivity contribution is 6.39. The van der Waals surface area contributed by atoms with E-state index in [2.05, 4.69) is 47.4 Å². The van der Waals surface area contributed by atoms with Gasteiger partial charge in [0.1, 0.15) is 11.5 Å². The molecule has 0 saturated carbocycles. The lowest BCUT2D eigenvalue weighted by molar-refractivity contribution is -0.115. The van der Waals surface area contributed by atoms with Crippen molar-refractivity contribution in [2.45, 2.75) is 45.4 Å². The molecule has 1 spiro atoms. The smallest absolute Gasteiger partial charge is 0.269 e. The fourth-order valence-corrected chi connectivity index (χ4v) is 4.03. The molecule has 0 aliphatic carbocycles. The van der Waals surface area contributed by atoms with Gasteiger partial charge in [-0.25, -0.2) is 0 Å². The molecule has 6 nitrogen and oxygen atoms in total. The third kappa shape index (κ3) is 4.06. The Bertz CT molecular complexity index is 839. The fourth-order valence-electron chi connectivity index (χ4n) is 4.03. The third-order valence-electron chi connectivity index (χ3n) is 5.19. The number of hydrogen-bond donors (Lipinski definition) is 1. The van der Waals surface area contributed by atoms with E-state index < -0.39 is 0 Å². The minimum Gasteiger partial charge on any atom is -0.467 e. The number of likely N-dealkylation sites (tertiary alicyclic amines) is 1. The summed E-state index contributed by atoms with van der Waals surface area (Å²) in [5.74, 6) is 0.536. The standard InChI is InChI=1S/C21H25N3O3/c1-15-8-16(2)10-17(9-15)13-24-6-5-21(14-24)11-19(23-27-21)20(25)22-12-18-4-3-7-26-18/h3-4,7-10H,5-6,11-14H2,1-2H3,(H,22,25)/t21-/m0/s1. The Morgan fingerprint density at radius 1 is 1.30 bits per heavy atom. The van der Waals surface area contributed by atoms with Crippen molar-refractivity contribution in [1.29, 1.82) is 0 Å². The van der Waals surface area contributed by atoms with E-state index in [-0.39, 0.29) is 11.5 Å². The molecule has 1 aromatic heterocycles. The third-order valence-corrected chi connectivity index (χ3v) is 5.19. The molecule has 3 heterocycles. The lowest BCUT2D eigenvalue weighted by Crippen LogP contribution is -2.36. The first-order valence-corrected chi connectivity index (χ1v) is 9.37. The lowest BCUT2D eigenvalue weighted by Gasteiger charge is -2.22. The van der Waals surface area contributed by atoms with E-state index in [0.717, 1.165) is 31.8 Å². The zero-order valence-electron chi connectivity index (χ0n) is 15.8. The first kappa shape index (κ1) is 17.8. The Kier molecular flexibility index (Phi) is 4.74. The normalized spacial score (nSPS) is 22.1. The number of aryl methyl sites for hydroxylation is 2. The molecule has 2 aromatic rings. The molecule has 1 fully saturated rings. The van der Waals surface area contributed by atoms with Crippen molar-refractivity contribution in [3.8, 4) is 0 Å². The largest absolute Gasteiger partial charge is 0.467 e. The first-order chi connectivity index (χ1) is 13.0. The predicted octanol–water partition coefficient (Wildman–Crippen LogP) is 2.93. The van der Waals surface area contributed by atoms with Crippen LogP contribution in [0.3, 0.4) is 0 Å². The minimum absolute atomic E-state index is 0.184. The summed E-state index contributed by atoms with van der Waals surface area (Å²) in [4.78, 5) is 20.5. The van der Waals surface area contributed by atoms with Crippen LogP contribution in [0, 0.1) is 13.8 Å². The molecule has 2 aliphatic rings. The highest BCUT2D eigenvalue weighted by atomic mass is 16.7. The Balaban J connectivity index is 1.31. The molecule has 1 atom stereocenters. The molecule has 1 saturated heterocycles. The van der Waals surface area contributed by atoms with Crippen molar-refractivity contribution in [1.82, 2.24) is 10.2 Å². The first-order valence-electron chi connectivity index (χ1n) is 9.37. The number of carbonyl (C=O) groups is 1. The Morgan fingerprint density at radius 2 is 2.11 bits per heavy atom. The number of furan rings is 1. The summed E-state index contributed by atoms with van der Waals surface area (Å²) < 4.78 is 5.23. The van der Waals surface area contributed by atoms with Crippen LogP contribution in [0.4, 0.5) is 0 Å². The van der Waals surface area contributed by atoms with Crippen molar-refractivity contribution < 1.29 is 14.0 Å². The van der Waals surface area contributed by atoms with Crippen LogP contribution in [0.25, 0.3) is 0 Å². The molecule has 4 rings (SSSR count). The maximum atomic E-state index is 12.4. The summed E-state index contributed by atoms with van der Waals surface area (Å²) >= 11 is 0. The van der Waals surface area contributed by atoms with Gasteiger partial charge in [-0.15, -0.1) is 0 Å². The summed E-state index contributed by atoms with van der Waals surface area (Å²) in [5.41, 5.74) is 4.00. The average Bonchev–Trinajstić information content (AvgIpc) is 3.35. The van der Waals surface area contributed by atoms with Gasteiger partial charge in [0, 0.05) is 32.5 Å². The second kappa shape index (κ2) is 7.19. The second-order valence-corrected chi connectivity index (χ2v) is 7.71. The fraction of sp³-hybridized carbons (Fsp3) is 0.429. The number of benzene rings is 1. The van der Waals surface area contributed by atoms with Gasteiger partial charge in [-0.3, -0.25) is 9.69 Å². The van der Waals surface area contributed by atoms with E-state index in [1.807, 2.05) is 6.07 Å². The molecule has 142 valence electrons. The van der Waals surface area contributed by atoms with Crippen LogP contribution in [0.2, 0.25) is 0 Å². The monoisotopic (exact) mass is 367 g/mol. The van der Waals surface area contributed by atoms with Crippen LogP contribution in [0.5, 0.6) is 0 Å². The maximum Gasteiger partial charge on any atom is 0.269 e. The SMILES string of the molecule is Cc1cc(C)cc(CN2CC[C@]3(CC(C(=O)NCc4ccco4)=NO3)C2)c1. The molecule has 0 bridgehead atoms. The lowest BCUT2D eigenvalue weighted by atomic mass is 9.96. The molecule has 2 aliphatic heterocycles. The Hall–Kier alpha value is -2.60. The van der Waals surface area contributed by atoms with E-state index in [1.165, 1.54) is 16.7 Å². The Labute approximate surface area is 159 Å². The molecule has 0 unspecified atom stereocenters. The van der Waals surface area contributed by atoms with Crippen LogP contribution in [-0.2, 0) is 22.7 Å². The summed E-state index contributed by atoms with van der Waals surface area (Å²) in [6.45, 7) is 7.25. The van der Waals surface area contributed by atoms with Crippen LogP contribution < -0.4 is 5.32 Å². The van der Waals surface area contributed by atoms with Gasteiger partial charge in [-0.1, -0.05) is 34.5 Å². The summed E-state index contributed by atoms with van der Waals surface area (Å²) in [6.07, 6.45) is 3.03. The van der Waals surface area contributed by atoms with Gasteiger partial charge in [0.15, 0.2) is 5.60 Å². The van der Waals surface area contributed by atoms with Gasteiger partial charge in [-0.2, -0.15) is 0 Å². The molecular weight excluding hydrogens is 342 g/mol. The van der Waals surface area contributed by atoms with Gasteiger partial charge in [-0.05, 0) is 31.5 Å². The van der Waals surface area contributed by atoms with Crippen LogP contribution in [-0.4, -0.2) is 35.2 Å². The van der Waals surface area contributed by atoms with Crippen molar-refractivity contribution in [2.24, 2.45) is 5.16 Å². The minimum atomic E-state index is -0.365. The van der Waals surface area contributed by atoms with Gasteiger partial charge < -0.3 is 14.6 Å². The van der Waals surface area contributed by atoms with Gasteiger partial charge in [0.25, 0.3) is 5.91 Å². The van der Waals surface area contributed by atoms with Crippen molar-refractivity contribution in [3.63, 3.8) is 0 Å². The summed E-state index contributed by atoms with van der Waals surface area (Å²) in [5, 5.41) is 6.93. The quantitative estimate of drug-likeness (QED) is 0.882. The van der Waals surface area contributed by atoms with Crippen LogP contribution >= 0.6 is 0 Å². The molecule has 1 N–H and O–H groups in total. The van der Waals surface area contributed by atoms with Crippen molar-refractivity contribution in [3.05, 3.63) is 59.0 Å². The highest BCUT2D eigenvalue weighted by Crippen LogP contribution is 2.34. The Morgan fingerprint density at radius 3 is 2.85 bits per heavy atom. The number of rotatable bonds is 5. The van der Waals surface area contributed by atoms with Crippen LogP contribution in [0.15, 0.2) is 46.2 Å². The van der Waals surface area contributed by atoms with Gasteiger partial charge in [0.2, 0.25) is 0 Å². The molecule has 1 amide bonds. The van der Waals surface area contributed by atoms with Crippen molar-refractivity contribution >= 4 is 11.6 Å². The number of oxime groups is 1. The van der Waals surface area contributed by atoms with Gasteiger partial charge >= 0.3 is 0 Å². The van der Waals surface area contributed by atoms with Gasteiger partial charge in [0.05, 0.1) is 12.8 Å². The number of amides is 1. The number of hydrogen-bond acceptors (Lipinski definition) is 5. The molecule has 1 aromatic carbocycles.